The third-order valence-electron chi connectivity index (χ3n) is 2.05. The lowest BCUT2D eigenvalue weighted by molar-refractivity contribution is 0.574. The van der Waals surface area contributed by atoms with Gasteiger partial charge < -0.3 is 5.73 Å². The molecule has 0 saturated carbocycles. The first-order valence-corrected chi connectivity index (χ1v) is 7.12. The monoisotopic (exact) mass is 306 g/mol. The van der Waals surface area contributed by atoms with Crippen molar-refractivity contribution in [1.82, 2.24) is 4.72 Å². The van der Waals surface area contributed by atoms with E-state index in [1.807, 2.05) is 6.92 Å². The normalized spacial score (nSPS) is 13.8. The number of nitrogens with one attached hydrogen (secondary N) is 1. The molecule has 0 aliphatic carbocycles. The first-order valence-electron chi connectivity index (χ1n) is 4.84. The molecule has 0 spiro atoms. The second kappa shape index (κ2) is 5.27. The summed E-state index contributed by atoms with van der Waals surface area (Å²) >= 11 is 3.30. The van der Waals surface area contributed by atoms with Crippen molar-refractivity contribution in [2.24, 2.45) is 5.73 Å². The van der Waals surface area contributed by atoms with E-state index in [2.05, 4.69) is 20.7 Å². The number of halogens is 1. The van der Waals surface area contributed by atoms with Gasteiger partial charge in [0.15, 0.2) is 0 Å². The van der Waals surface area contributed by atoms with E-state index in [1.54, 1.807) is 25.1 Å². The van der Waals surface area contributed by atoms with E-state index in [0.29, 0.717) is 0 Å². The topological polar surface area (TPSA) is 72.2 Å². The fourth-order valence-electron chi connectivity index (χ4n) is 1.07. The molecule has 1 aromatic rings. The molecular weight excluding hydrogens is 292 g/mol. The van der Waals surface area contributed by atoms with Crippen LogP contribution in [0.15, 0.2) is 27.6 Å². The predicted octanol–water partition coefficient (Wildman–Crippen LogP) is 1.38. The second-order valence-corrected chi connectivity index (χ2v) is 6.36. The Morgan fingerprint density at radius 2 is 2.12 bits per heavy atom. The molecule has 3 N–H and O–H groups in total. The highest BCUT2D eigenvalue weighted by Gasteiger charge is 2.14. The number of sulfonamides is 1. The number of rotatable bonds is 4. The molecule has 0 heterocycles. The molecule has 0 fully saturated rings. The number of nitrogens with two attached hydrogens (primary N) is 1. The molecule has 1 atom stereocenters. The maximum absolute atomic E-state index is 11.8. The molecule has 0 unspecified atom stereocenters. The smallest absolute Gasteiger partial charge is 0.240 e. The summed E-state index contributed by atoms with van der Waals surface area (Å²) in [6.45, 7) is 3.87. The van der Waals surface area contributed by atoms with Gasteiger partial charge >= 0.3 is 0 Å². The summed E-state index contributed by atoms with van der Waals surface area (Å²) in [6, 6.07) is 4.70. The van der Waals surface area contributed by atoms with E-state index >= 15 is 0 Å². The molecule has 0 amide bonds. The van der Waals surface area contributed by atoms with Gasteiger partial charge in [0.25, 0.3) is 0 Å². The van der Waals surface area contributed by atoms with Crippen LogP contribution in [0.5, 0.6) is 0 Å². The highest BCUT2D eigenvalue weighted by molar-refractivity contribution is 9.10. The molecule has 0 aliphatic heterocycles. The molecule has 0 aliphatic rings. The van der Waals surface area contributed by atoms with Crippen LogP contribution in [-0.2, 0) is 10.0 Å². The molecule has 4 nitrogen and oxygen atoms in total. The van der Waals surface area contributed by atoms with E-state index in [1.165, 1.54) is 0 Å². The van der Waals surface area contributed by atoms with Crippen molar-refractivity contribution in [3.63, 3.8) is 0 Å². The van der Waals surface area contributed by atoms with Crippen LogP contribution in [0, 0.1) is 6.92 Å². The van der Waals surface area contributed by atoms with Gasteiger partial charge in [-0.15, -0.1) is 0 Å². The van der Waals surface area contributed by atoms with Gasteiger partial charge in [-0.1, -0.05) is 22.0 Å². The first kappa shape index (κ1) is 13.6. The first-order chi connectivity index (χ1) is 7.33. The summed E-state index contributed by atoms with van der Waals surface area (Å²) in [6.07, 6.45) is 0. The van der Waals surface area contributed by atoms with Gasteiger partial charge in [-0.05, 0) is 31.5 Å². The number of hydrogen-bond donors (Lipinski definition) is 2. The van der Waals surface area contributed by atoms with Crippen LogP contribution in [0.4, 0.5) is 0 Å². The highest BCUT2D eigenvalue weighted by atomic mass is 79.9. The van der Waals surface area contributed by atoms with Gasteiger partial charge in [0.1, 0.15) is 0 Å². The Morgan fingerprint density at radius 1 is 1.50 bits per heavy atom. The van der Waals surface area contributed by atoms with Gasteiger partial charge in [0.05, 0.1) is 4.90 Å². The lowest BCUT2D eigenvalue weighted by Gasteiger charge is -2.09. The van der Waals surface area contributed by atoms with Crippen LogP contribution >= 0.6 is 15.9 Å². The molecule has 1 aromatic carbocycles. The number of hydrogen-bond acceptors (Lipinski definition) is 3. The second-order valence-electron chi connectivity index (χ2n) is 3.74. The van der Waals surface area contributed by atoms with E-state index < -0.39 is 10.0 Å². The minimum Gasteiger partial charge on any atom is -0.327 e. The maximum Gasteiger partial charge on any atom is 0.240 e. The Hall–Kier alpha value is -0.430. The third-order valence-corrected chi connectivity index (χ3v) is 4.32. The van der Waals surface area contributed by atoms with Gasteiger partial charge in [-0.25, -0.2) is 13.1 Å². The van der Waals surface area contributed by atoms with Crippen molar-refractivity contribution in [3.05, 3.63) is 28.2 Å². The van der Waals surface area contributed by atoms with Crippen molar-refractivity contribution >= 4 is 26.0 Å². The zero-order valence-corrected chi connectivity index (χ0v) is 11.6. The van der Waals surface area contributed by atoms with Gasteiger partial charge in [-0.2, -0.15) is 0 Å². The summed E-state index contributed by atoms with van der Waals surface area (Å²) in [7, 11) is -3.45. The van der Waals surface area contributed by atoms with Gasteiger partial charge in [0, 0.05) is 17.1 Å². The zero-order chi connectivity index (χ0) is 12.3. The van der Waals surface area contributed by atoms with Crippen molar-refractivity contribution in [2.45, 2.75) is 24.8 Å². The third kappa shape index (κ3) is 3.55. The Kier molecular flexibility index (Phi) is 4.49. The Morgan fingerprint density at radius 3 is 2.62 bits per heavy atom. The van der Waals surface area contributed by atoms with Crippen LogP contribution in [0.2, 0.25) is 0 Å². The SMILES string of the molecule is Cc1ccc(S(=O)(=O)NC[C@H](C)N)cc1Br. The molecule has 90 valence electrons. The van der Waals surface area contributed by atoms with Gasteiger partial charge in [-0.3, -0.25) is 0 Å². The molecule has 1 rings (SSSR count). The molecule has 6 heteroatoms. The minimum absolute atomic E-state index is 0.205. The Labute approximate surface area is 104 Å². The Bertz CT molecular complexity index is 472. The summed E-state index contributed by atoms with van der Waals surface area (Å²) in [5.41, 5.74) is 6.49. The van der Waals surface area contributed by atoms with Crippen LogP contribution in [0.25, 0.3) is 0 Å². The lowest BCUT2D eigenvalue weighted by Crippen LogP contribution is -2.35. The summed E-state index contributed by atoms with van der Waals surface area (Å²) in [5, 5.41) is 0. The zero-order valence-electron chi connectivity index (χ0n) is 9.20. The predicted molar refractivity (Wildman–Crippen MR) is 67.7 cm³/mol. The molecule has 0 bridgehead atoms. The van der Waals surface area contributed by atoms with E-state index in [9.17, 15) is 8.42 Å². The van der Waals surface area contributed by atoms with Crippen molar-refractivity contribution in [2.75, 3.05) is 6.54 Å². The van der Waals surface area contributed by atoms with Crippen molar-refractivity contribution in [3.8, 4) is 0 Å². The summed E-state index contributed by atoms with van der Waals surface area (Å²) in [4.78, 5) is 0.241. The van der Waals surface area contributed by atoms with E-state index in [4.69, 9.17) is 5.73 Å². The molecule has 0 aromatic heterocycles. The van der Waals surface area contributed by atoms with E-state index in [0.717, 1.165) is 10.0 Å². The summed E-state index contributed by atoms with van der Waals surface area (Å²) < 4.78 is 26.8. The average molecular weight is 307 g/mol. The summed E-state index contributed by atoms with van der Waals surface area (Å²) in [5.74, 6) is 0. The molecular formula is C10H15BrN2O2S. The van der Waals surface area contributed by atoms with Crippen LogP contribution in [0.1, 0.15) is 12.5 Å². The largest absolute Gasteiger partial charge is 0.327 e. The standard InChI is InChI=1S/C10H15BrN2O2S/c1-7-3-4-9(5-10(7)11)16(14,15)13-6-8(2)12/h3-5,8,13H,6,12H2,1-2H3/t8-/m0/s1. The molecule has 0 saturated heterocycles. The fraction of sp³-hybridized carbons (Fsp3) is 0.400. The fourth-order valence-corrected chi connectivity index (χ4v) is 2.76. The van der Waals surface area contributed by atoms with Crippen LogP contribution < -0.4 is 10.5 Å². The quantitative estimate of drug-likeness (QED) is 0.883. The van der Waals surface area contributed by atoms with Gasteiger partial charge in [0.2, 0.25) is 10.0 Å². The molecule has 0 radical (unpaired) electrons. The number of aryl methyl sites for hydroxylation is 1. The van der Waals surface area contributed by atoms with Crippen LogP contribution in [-0.4, -0.2) is 21.0 Å². The number of benzene rings is 1. The average Bonchev–Trinajstić information content (AvgIpc) is 2.19. The maximum atomic E-state index is 11.8. The lowest BCUT2D eigenvalue weighted by atomic mass is 10.2. The Balaban J connectivity index is 2.94. The van der Waals surface area contributed by atoms with E-state index in [-0.39, 0.29) is 17.5 Å². The minimum atomic E-state index is -3.45. The van der Waals surface area contributed by atoms with Crippen molar-refractivity contribution in [1.29, 1.82) is 0 Å². The van der Waals surface area contributed by atoms with Crippen LogP contribution in [0.3, 0.4) is 0 Å². The molecule has 16 heavy (non-hydrogen) atoms. The highest BCUT2D eigenvalue weighted by Crippen LogP contribution is 2.20. The van der Waals surface area contributed by atoms with Crippen molar-refractivity contribution < 1.29 is 8.42 Å².